The Morgan fingerprint density at radius 2 is 1.69 bits per heavy atom. The van der Waals surface area contributed by atoms with Gasteiger partial charge in [-0.05, 0) is 31.5 Å². The smallest absolute Gasteiger partial charge is 0.296 e. The van der Waals surface area contributed by atoms with Gasteiger partial charge in [0.1, 0.15) is 5.75 Å². The molecule has 6 heteroatoms. The summed E-state index contributed by atoms with van der Waals surface area (Å²) in [5.74, 6) is 0.571. The van der Waals surface area contributed by atoms with Crippen LogP contribution in [0, 0.1) is 0 Å². The fraction of sp³-hybridized carbons (Fsp3) is 0.400. The Labute approximate surface area is 94.4 Å². The van der Waals surface area contributed by atoms with E-state index in [9.17, 15) is 13.5 Å². The molecule has 0 saturated carbocycles. The van der Waals surface area contributed by atoms with Crippen LogP contribution in [0.1, 0.15) is 24.8 Å². The third kappa shape index (κ3) is 3.48. The zero-order valence-corrected chi connectivity index (χ0v) is 9.81. The summed E-state index contributed by atoms with van der Waals surface area (Å²) in [5.41, 5.74) is -1.82. The topological polar surface area (TPSA) is 83.8 Å². The van der Waals surface area contributed by atoms with Crippen molar-refractivity contribution in [1.82, 2.24) is 0 Å². The zero-order valence-electron chi connectivity index (χ0n) is 8.99. The van der Waals surface area contributed by atoms with Crippen LogP contribution >= 0.6 is 0 Å². The van der Waals surface area contributed by atoms with E-state index in [4.69, 9.17) is 9.29 Å². The molecule has 0 fully saturated rings. The second kappa shape index (κ2) is 4.82. The van der Waals surface area contributed by atoms with Crippen molar-refractivity contribution < 1.29 is 22.8 Å². The lowest BCUT2D eigenvalue weighted by Gasteiger charge is -2.11. The fourth-order valence-electron chi connectivity index (χ4n) is 1.16. The van der Waals surface area contributed by atoms with E-state index in [0.29, 0.717) is 5.75 Å². The average Bonchev–Trinajstić information content (AvgIpc) is 2.15. The Morgan fingerprint density at radius 3 is 2.06 bits per heavy atom. The molecule has 0 unspecified atom stereocenters. The highest BCUT2D eigenvalue weighted by molar-refractivity contribution is 7.85. The molecule has 0 aliphatic carbocycles. The molecular formula is C10H14O5S. The molecule has 1 aromatic carbocycles. The van der Waals surface area contributed by atoms with Crippen molar-refractivity contribution in [2.75, 3.05) is 0 Å². The Morgan fingerprint density at radius 1 is 1.19 bits per heavy atom. The number of hydrogen-bond acceptors (Lipinski definition) is 4. The van der Waals surface area contributed by atoms with Crippen molar-refractivity contribution in [2.45, 2.75) is 25.4 Å². The van der Waals surface area contributed by atoms with E-state index in [1.807, 2.05) is 13.8 Å². The SMILES string of the molecule is CC(C)Oc1ccc([C@@H](O)S(=O)(=O)O)cc1. The van der Waals surface area contributed by atoms with Crippen LogP contribution in [0.25, 0.3) is 0 Å². The lowest BCUT2D eigenvalue weighted by Crippen LogP contribution is -2.11. The predicted octanol–water partition coefficient (Wildman–Crippen LogP) is 1.35. The number of aliphatic hydroxyl groups excluding tert-OH is 1. The molecule has 16 heavy (non-hydrogen) atoms. The van der Waals surface area contributed by atoms with Crippen molar-refractivity contribution >= 4 is 10.1 Å². The summed E-state index contributed by atoms with van der Waals surface area (Å²) in [5, 5.41) is 9.25. The van der Waals surface area contributed by atoms with Gasteiger partial charge in [-0.3, -0.25) is 4.55 Å². The summed E-state index contributed by atoms with van der Waals surface area (Å²) in [6.45, 7) is 3.72. The van der Waals surface area contributed by atoms with Crippen molar-refractivity contribution in [2.24, 2.45) is 0 Å². The Bertz CT molecular complexity index is 435. The average molecular weight is 246 g/mol. The maximum absolute atomic E-state index is 10.7. The highest BCUT2D eigenvalue weighted by Crippen LogP contribution is 2.21. The Hall–Kier alpha value is -1.11. The molecule has 1 aromatic rings. The van der Waals surface area contributed by atoms with Crippen molar-refractivity contribution in [3.8, 4) is 5.75 Å². The standard InChI is InChI=1S/C10H14O5S/c1-7(2)15-9-5-3-8(4-6-9)10(11)16(12,13)14/h3-7,10-11H,1-2H3,(H,12,13,14)/t10-/m0/s1. The lowest BCUT2D eigenvalue weighted by atomic mass is 10.2. The van der Waals surface area contributed by atoms with Gasteiger partial charge in [-0.25, -0.2) is 0 Å². The maximum atomic E-state index is 10.7. The molecule has 0 aliphatic rings. The van der Waals surface area contributed by atoms with E-state index in [1.54, 1.807) is 0 Å². The summed E-state index contributed by atoms with van der Waals surface area (Å²) in [6.07, 6.45) is 0.0114. The Balaban J connectivity index is 2.87. The van der Waals surface area contributed by atoms with Gasteiger partial charge < -0.3 is 9.84 Å². The van der Waals surface area contributed by atoms with Gasteiger partial charge in [0.25, 0.3) is 10.1 Å². The second-order valence-corrected chi connectivity index (χ2v) is 5.08. The lowest BCUT2D eigenvalue weighted by molar-refractivity contribution is 0.235. The third-order valence-corrected chi connectivity index (χ3v) is 2.66. The molecule has 0 aliphatic heterocycles. The molecule has 5 nitrogen and oxygen atoms in total. The normalized spacial score (nSPS) is 13.8. The number of aliphatic hydroxyl groups is 1. The first-order chi connectivity index (χ1) is 7.30. The van der Waals surface area contributed by atoms with E-state index in [-0.39, 0.29) is 11.7 Å². The minimum Gasteiger partial charge on any atom is -0.491 e. The minimum atomic E-state index is -4.48. The van der Waals surface area contributed by atoms with Crippen LogP contribution in [0.5, 0.6) is 5.75 Å². The summed E-state index contributed by atoms with van der Waals surface area (Å²) in [7, 11) is -4.48. The van der Waals surface area contributed by atoms with Gasteiger partial charge in [-0.15, -0.1) is 0 Å². The molecule has 0 amide bonds. The summed E-state index contributed by atoms with van der Waals surface area (Å²) < 4.78 is 35.3. The zero-order chi connectivity index (χ0) is 12.3. The van der Waals surface area contributed by atoms with E-state index in [0.717, 1.165) is 0 Å². The number of hydrogen-bond donors (Lipinski definition) is 2. The molecule has 90 valence electrons. The molecule has 0 heterocycles. The number of rotatable bonds is 4. The van der Waals surface area contributed by atoms with Crippen LogP contribution in [0.4, 0.5) is 0 Å². The van der Waals surface area contributed by atoms with Crippen LogP contribution in [0.3, 0.4) is 0 Å². The second-order valence-electron chi connectivity index (χ2n) is 3.60. The highest BCUT2D eigenvalue weighted by Gasteiger charge is 2.21. The summed E-state index contributed by atoms with van der Waals surface area (Å²) >= 11 is 0. The van der Waals surface area contributed by atoms with Crippen molar-refractivity contribution in [3.63, 3.8) is 0 Å². The fourth-order valence-corrected chi connectivity index (χ4v) is 1.66. The quantitative estimate of drug-likeness (QED) is 0.783. The summed E-state index contributed by atoms with van der Waals surface area (Å²) in [4.78, 5) is 0. The van der Waals surface area contributed by atoms with E-state index in [1.165, 1.54) is 24.3 Å². The molecule has 2 N–H and O–H groups in total. The predicted molar refractivity (Wildman–Crippen MR) is 58.7 cm³/mol. The molecule has 0 aromatic heterocycles. The third-order valence-electron chi connectivity index (χ3n) is 1.82. The van der Waals surface area contributed by atoms with Crippen LogP contribution in [-0.2, 0) is 10.1 Å². The highest BCUT2D eigenvalue weighted by atomic mass is 32.2. The van der Waals surface area contributed by atoms with Crippen LogP contribution in [0.2, 0.25) is 0 Å². The van der Waals surface area contributed by atoms with Gasteiger partial charge in [0.2, 0.25) is 5.44 Å². The van der Waals surface area contributed by atoms with E-state index in [2.05, 4.69) is 0 Å². The van der Waals surface area contributed by atoms with Gasteiger partial charge in [-0.2, -0.15) is 8.42 Å². The first-order valence-corrected chi connectivity index (χ1v) is 6.22. The largest absolute Gasteiger partial charge is 0.491 e. The maximum Gasteiger partial charge on any atom is 0.296 e. The molecular weight excluding hydrogens is 232 g/mol. The monoisotopic (exact) mass is 246 g/mol. The van der Waals surface area contributed by atoms with Gasteiger partial charge in [-0.1, -0.05) is 12.1 Å². The number of benzene rings is 1. The minimum absolute atomic E-state index is 0.0114. The van der Waals surface area contributed by atoms with Gasteiger partial charge in [0.15, 0.2) is 0 Å². The molecule has 1 atom stereocenters. The molecule has 0 spiro atoms. The number of ether oxygens (including phenoxy) is 1. The molecule has 1 rings (SSSR count). The van der Waals surface area contributed by atoms with Crippen LogP contribution < -0.4 is 4.74 Å². The van der Waals surface area contributed by atoms with E-state index >= 15 is 0 Å². The van der Waals surface area contributed by atoms with Gasteiger partial charge in [0.05, 0.1) is 6.10 Å². The van der Waals surface area contributed by atoms with Gasteiger partial charge >= 0.3 is 0 Å². The van der Waals surface area contributed by atoms with Crippen LogP contribution in [-0.4, -0.2) is 24.2 Å². The molecule has 0 bridgehead atoms. The molecule has 0 radical (unpaired) electrons. The molecule has 0 saturated heterocycles. The van der Waals surface area contributed by atoms with Gasteiger partial charge in [0, 0.05) is 0 Å². The van der Waals surface area contributed by atoms with E-state index < -0.39 is 15.6 Å². The first kappa shape index (κ1) is 13.0. The van der Waals surface area contributed by atoms with Crippen LogP contribution in [0.15, 0.2) is 24.3 Å². The Kier molecular flexibility index (Phi) is 3.90. The summed E-state index contributed by atoms with van der Waals surface area (Å²) in [6, 6.07) is 5.83. The first-order valence-electron chi connectivity index (χ1n) is 4.71. The van der Waals surface area contributed by atoms with Crippen molar-refractivity contribution in [1.29, 1.82) is 0 Å². The van der Waals surface area contributed by atoms with Crippen molar-refractivity contribution in [3.05, 3.63) is 29.8 Å².